The Morgan fingerprint density at radius 2 is 1.97 bits per heavy atom. The van der Waals surface area contributed by atoms with Crippen LogP contribution in [0.3, 0.4) is 0 Å². The Hall–Kier alpha value is -2.31. The predicted molar refractivity (Wildman–Crippen MR) is 125 cm³/mol. The highest BCUT2D eigenvalue weighted by Crippen LogP contribution is 2.31. The fourth-order valence-electron chi connectivity index (χ4n) is 3.56. The maximum absolute atomic E-state index is 12.8. The van der Waals surface area contributed by atoms with E-state index in [1.807, 2.05) is 24.8 Å². The molecule has 3 rings (SSSR count). The van der Waals surface area contributed by atoms with E-state index in [1.54, 1.807) is 30.3 Å². The smallest absolute Gasteiger partial charge is 0.242 e. The quantitative estimate of drug-likeness (QED) is 0.542. The van der Waals surface area contributed by atoms with Crippen LogP contribution in [0.4, 0.5) is 5.69 Å². The van der Waals surface area contributed by atoms with Crippen LogP contribution in [0.5, 0.6) is 5.75 Å². The number of aliphatic hydroxyl groups is 1. The minimum atomic E-state index is -3.81. The largest absolute Gasteiger partial charge is 0.487 e. The number of nitrogens with one attached hydrogen (secondary N) is 1. The summed E-state index contributed by atoms with van der Waals surface area (Å²) in [5.41, 5.74) is 0.871. The van der Waals surface area contributed by atoms with Crippen LogP contribution < -0.4 is 14.4 Å². The summed E-state index contributed by atoms with van der Waals surface area (Å²) in [6, 6.07) is 14.0. The van der Waals surface area contributed by atoms with Crippen LogP contribution in [0.15, 0.2) is 47.4 Å². The third kappa shape index (κ3) is 5.36. The van der Waals surface area contributed by atoms with Gasteiger partial charge in [0.05, 0.1) is 29.7 Å². The van der Waals surface area contributed by atoms with Crippen molar-refractivity contribution in [3.63, 3.8) is 0 Å². The average molecular weight is 478 g/mol. The van der Waals surface area contributed by atoms with Crippen LogP contribution in [0, 0.1) is 16.7 Å². The number of nitriles is 1. The SMILES string of the molecule is CCC(CC)(CO)CNS(=O)(=O)c1ccc(N2CC(Oc3cccc(C#N)c3)C2)cc1Cl. The molecule has 0 radical (unpaired) electrons. The minimum absolute atomic E-state index is 0.0172. The number of halogens is 1. The molecule has 1 fully saturated rings. The van der Waals surface area contributed by atoms with Crippen molar-refractivity contribution in [1.82, 2.24) is 4.72 Å². The van der Waals surface area contributed by atoms with E-state index in [-0.39, 0.29) is 29.2 Å². The number of anilines is 1. The fourth-order valence-corrected chi connectivity index (χ4v) is 5.26. The molecule has 0 spiro atoms. The molecule has 172 valence electrons. The van der Waals surface area contributed by atoms with Crippen LogP contribution in [0.25, 0.3) is 0 Å². The summed E-state index contributed by atoms with van der Waals surface area (Å²) in [5, 5.41) is 18.8. The molecule has 1 saturated heterocycles. The molecule has 0 amide bonds. The van der Waals surface area contributed by atoms with Crippen molar-refractivity contribution in [2.24, 2.45) is 5.41 Å². The number of benzene rings is 2. The van der Waals surface area contributed by atoms with Gasteiger partial charge < -0.3 is 14.7 Å². The van der Waals surface area contributed by atoms with E-state index in [2.05, 4.69) is 10.8 Å². The van der Waals surface area contributed by atoms with E-state index in [0.29, 0.717) is 37.2 Å². The van der Waals surface area contributed by atoms with Crippen molar-refractivity contribution in [3.05, 3.63) is 53.1 Å². The van der Waals surface area contributed by atoms with Crippen LogP contribution in [0.2, 0.25) is 5.02 Å². The van der Waals surface area contributed by atoms with Crippen LogP contribution in [0.1, 0.15) is 32.3 Å². The number of ether oxygens (including phenoxy) is 1. The van der Waals surface area contributed by atoms with Gasteiger partial charge >= 0.3 is 0 Å². The fraction of sp³-hybridized carbons (Fsp3) is 0.435. The Morgan fingerprint density at radius 3 is 2.56 bits per heavy atom. The molecule has 0 aromatic heterocycles. The van der Waals surface area contributed by atoms with Gasteiger partial charge in [-0.3, -0.25) is 0 Å². The van der Waals surface area contributed by atoms with Crippen LogP contribution >= 0.6 is 11.6 Å². The lowest BCUT2D eigenvalue weighted by Gasteiger charge is -2.40. The van der Waals surface area contributed by atoms with Crippen molar-refractivity contribution >= 4 is 27.3 Å². The number of nitrogens with zero attached hydrogens (tertiary/aromatic N) is 2. The Balaban J connectivity index is 1.62. The first-order chi connectivity index (χ1) is 15.3. The Morgan fingerprint density at radius 1 is 1.25 bits per heavy atom. The molecule has 1 heterocycles. The normalized spacial score (nSPS) is 14.7. The highest BCUT2D eigenvalue weighted by Gasteiger charge is 2.31. The molecule has 7 nitrogen and oxygen atoms in total. The number of rotatable bonds is 10. The molecule has 2 aromatic rings. The molecule has 0 atom stereocenters. The average Bonchev–Trinajstić information content (AvgIpc) is 2.77. The monoisotopic (exact) mass is 477 g/mol. The molecule has 9 heteroatoms. The first-order valence-electron chi connectivity index (χ1n) is 10.6. The summed E-state index contributed by atoms with van der Waals surface area (Å²) in [7, 11) is -3.81. The number of sulfonamides is 1. The van der Waals surface area contributed by atoms with E-state index in [0.717, 1.165) is 5.69 Å². The Labute approximate surface area is 194 Å². The molecule has 32 heavy (non-hydrogen) atoms. The lowest BCUT2D eigenvalue weighted by Crippen LogP contribution is -2.54. The van der Waals surface area contributed by atoms with Crippen molar-refractivity contribution in [1.29, 1.82) is 5.26 Å². The summed E-state index contributed by atoms with van der Waals surface area (Å²) in [5.74, 6) is 0.650. The first-order valence-corrected chi connectivity index (χ1v) is 12.4. The van der Waals surface area contributed by atoms with Crippen molar-refractivity contribution in [2.45, 2.75) is 37.7 Å². The van der Waals surface area contributed by atoms with Gasteiger partial charge in [-0.05, 0) is 49.2 Å². The molecule has 0 unspecified atom stereocenters. The van der Waals surface area contributed by atoms with Crippen LogP contribution in [-0.2, 0) is 10.0 Å². The molecule has 1 aliphatic heterocycles. The zero-order chi connectivity index (χ0) is 23.4. The Kier molecular flexibility index (Phi) is 7.67. The lowest BCUT2D eigenvalue weighted by atomic mass is 9.84. The molecule has 2 N–H and O–H groups in total. The van der Waals surface area contributed by atoms with Gasteiger partial charge in [0.15, 0.2) is 0 Å². The van der Waals surface area contributed by atoms with Gasteiger partial charge in [0, 0.05) is 24.3 Å². The van der Waals surface area contributed by atoms with E-state index in [1.165, 1.54) is 6.07 Å². The Bertz CT molecular complexity index is 1080. The van der Waals surface area contributed by atoms with Gasteiger partial charge in [0.1, 0.15) is 16.7 Å². The highest BCUT2D eigenvalue weighted by molar-refractivity contribution is 7.89. The second-order valence-electron chi connectivity index (χ2n) is 8.09. The van der Waals surface area contributed by atoms with E-state index < -0.39 is 15.4 Å². The van der Waals surface area contributed by atoms with Gasteiger partial charge in [-0.25, -0.2) is 13.1 Å². The zero-order valence-corrected chi connectivity index (χ0v) is 19.8. The molecular formula is C23H28ClN3O4S. The molecule has 0 bridgehead atoms. The molecular weight excluding hydrogens is 450 g/mol. The van der Waals surface area contributed by atoms with Crippen molar-refractivity contribution < 1.29 is 18.3 Å². The number of aliphatic hydroxyl groups excluding tert-OH is 1. The summed E-state index contributed by atoms with van der Waals surface area (Å²) in [6.45, 7) is 5.18. The topological polar surface area (TPSA) is 103 Å². The van der Waals surface area contributed by atoms with Gasteiger partial charge in [-0.2, -0.15) is 5.26 Å². The van der Waals surface area contributed by atoms with E-state index in [9.17, 15) is 13.5 Å². The number of hydrogen-bond donors (Lipinski definition) is 2. The highest BCUT2D eigenvalue weighted by atomic mass is 35.5. The summed E-state index contributed by atoms with van der Waals surface area (Å²) in [6.07, 6.45) is 1.30. The minimum Gasteiger partial charge on any atom is -0.487 e. The van der Waals surface area contributed by atoms with Crippen molar-refractivity contribution in [3.8, 4) is 11.8 Å². The third-order valence-corrected chi connectivity index (χ3v) is 8.04. The van der Waals surface area contributed by atoms with E-state index >= 15 is 0 Å². The van der Waals surface area contributed by atoms with Crippen LogP contribution in [-0.4, -0.2) is 45.9 Å². The molecule has 0 aliphatic carbocycles. The van der Waals surface area contributed by atoms with Gasteiger partial charge in [0.2, 0.25) is 10.0 Å². The van der Waals surface area contributed by atoms with Gasteiger partial charge in [-0.1, -0.05) is 31.5 Å². The summed E-state index contributed by atoms with van der Waals surface area (Å²) in [4.78, 5) is 2.06. The zero-order valence-electron chi connectivity index (χ0n) is 18.2. The molecule has 1 aliphatic rings. The summed E-state index contributed by atoms with van der Waals surface area (Å²) < 4.78 is 34.1. The van der Waals surface area contributed by atoms with E-state index in [4.69, 9.17) is 21.6 Å². The predicted octanol–water partition coefficient (Wildman–Crippen LogP) is 3.56. The molecule has 0 saturated carbocycles. The molecule has 2 aromatic carbocycles. The second-order valence-corrected chi connectivity index (χ2v) is 10.2. The summed E-state index contributed by atoms with van der Waals surface area (Å²) >= 11 is 6.33. The first kappa shape index (κ1) is 24.3. The third-order valence-electron chi connectivity index (χ3n) is 6.16. The number of hydrogen-bond acceptors (Lipinski definition) is 6. The maximum atomic E-state index is 12.8. The van der Waals surface area contributed by atoms with Gasteiger partial charge in [-0.15, -0.1) is 0 Å². The van der Waals surface area contributed by atoms with Crippen molar-refractivity contribution in [2.75, 3.05) is 31.1 Å². The van der Waals surface area contributed by atoms with Gasteiger partial charge in [0.25, 0.3) is 0 Å². The maximum Gasteiger partial charge on any atom is 0.242 e. The lowest BCUT2D eigenvalue weighted by molar-refractivity contribution is 0.119. The second kappa shape index (κ2) is 10.1. The standard InChI is InChI=1S/C23H28ClN3O4S/c1-3-23(4-2,16-28)15-26-32(29,30)22-9-8-18(11-21(22)24)27-13-20(14-27)31-19-7-5-6-17(10-19)12-25/h5-11,20,26,28H,3-4,13-16H2,1-2H3.